The molecule has 0 aromatic rings. The monoisotopic (exact) mass is 160 g/mol. The van der Waals surface area contributed by atoms with Crippen molar-refractivity contribution in [2.24, 2.45) is 10.8 Å². The minimum atomic E-state index is 0.307. The van der Waals surface area contributed by atoms with Crippen LogP contribution in [0.1, 0.15) is 41.5 Å². The second kappa shape index (κ2) is 2.77. The molecule has 0 nitrogen and oxygen atoms in total. The molecule has 0 N–H and O–H groups in total. The normalized spacial score (nSPS) is 14.4. The van der Waals surface area contributed by atoms with Gasteiger partial charge in [-0.05, 0) is 10.8 Å². The Morgan fingerprint density at radius 2 is 1.00 bits per heavy atom. The van der Waals surface area contributed by atoms with Gasteiger partial charge >= 0.3 is 0 Å². The lowest BCUT2D eigenvalue weighted by molar-refractivity contribution is 0.251. The van der Waals surface area contributed by atoms with Gasteiger partial charge in [-0.3, -0.25) is 0 Å². The van der Waals surface area contributed by atoms with Crippen LogP contribution >= 0.6 is 12.6 Å². The van der Waals surface area contributed by atoms with Crippen molar-refractivity contribution in [1.82, 2.24) is 0 Å². The van der Waals surface area contributed by atoms with Gasteiger partial charge in [0, 0.05) is 5.25 Å². The fourth-order valence-electron chi connectivity index (χ4n) is 1.30. The number of thiol groups is 1. The number of hydrogen-bond donors (Lipinski definition) is 1. The largest absolute Gasteiger partial charge is 0.175 e. The fourth-order valence-corrected chi connectivity index (χ4v) is 1.30. The second-order valence-corrected chi connectivity index (χ2v) is 5.65. The maximum atomic E-state index is 4.59. The van der Waals surface area contributed by atoms with E-state index in [-0.39, 0.29) is 0 Å². The van der Waals surface area contributed by atoms with Crippen LogP contribution in [0.5, 0.6) is 0 Å². The van der Waals surface area contributed by atoms with Gasteiger partial charge in [-0.25, -0.2) is 0 Å². The molecule has 0 saturated carbocycles. The van der Waals surface area contributed by atoms with Gasteiger partial charge in [0.15, 0.2) is 0 Å². The molecule has 0 spiro atoms. The maximum absolute atomic E-state index is 4.59. The summed E-state index contributed by atoms with van der Waals surface area (Å²) in [4.78, 5) is 0. The van der Waals surface area contributed by atoms with Crippen LogP contribution < -0.4 is 0 Å². The average Bonchev–Trinajstić information content (AvgIpc) is 1.59. The summed E-state index contributed by atoms with van der Waals surface area (Å²) in [6.45, 7) is 13.4. The molecule has 0 unspecified atom stereocenters. The van der Waals surface area contributed by atoms with Crippen LogP contribution in [0.25, 0.3) is 0 Å². The molecule has 0 amide bonds. The van der Waals surface area contributed by atoms with E-state index >= 15 is 0 Å². The van der Waals surface area contributed by atoms with E-state index in [2.05, 4.69) is 54.2 Å². The van der Waals surface area contributed by atoms with Gasteiger partial charge in [-0.2, -0.15) is 12.6 Å². The van der Waals surface area contributed by atoms with E-state index in [1.165, 1.54) is 0 Å². The summed E-state index contributed by atoms with van der Waals surface area (Å²) < 4.78 is 0. The molecule has 62 valence electrons. The summed E-state index contributed by atoms with van der Waals surface area (Å²) in [5.41, 5.74) is 0.614. The molecule has 0 aliphatic heterocycles. The Morgan fingerprint density at radius 3 is 1.00 bits per heavy atom. The van der Waals surface area contributed by atoms with Crippen molar-refractivity contribution in [2.75, 3.05) is 0 Å². The molecule has 0 rings (SSSR count). The summed E-state index contributed by atoms with van der Waals surface area (Å²) in [7, 11) is 0. The molecule has 1 heteroatoms. The fraction of sp³-hybridized carbons (Fsp3) is 1.00. The minimum absolute atomic E-state index is 0.307. The van der Waals surface area contributed by atoms with Crippen molar-refractivity contribution in [2.45, 2.75) is 46.8 Å². The Balaban J connectivity index is 4.23. The topological polar surface area (TPSA) is 0 Å². The molecule has 0 aliphatic carbocycles. The van der Waals surface area contributed by atoms with Crippen molar-refractivity contribution in [1.29, 1.82) is 0 Å². The van der Waals surface area contributed by atoms with E-state index in [4.69, 9.17) is 0 Å². The SMILES string of the molecule is CC(C)(C)C(S)C(C)(C)C. The Labute approximate surface area is 70.8 Å². The number of rotatable bonds is 0. The zero-order chi connectivity index (χ0) is 8.58. The average molecular weight is 160 g/mol. The third-order valence-corrected chi connectivity index (χ3v) is 3.19. The molecule has 0 atom stereocenters. The Bertz CT molecular complexity index is 88.9. The predicted octanol–water partition coefficient (Wildman–Crippen LogP) is 3.38. The van der Waals surface area contributed by atoms with E-state index < -0.39 is 0 Å². The Hall–Kier alpha value is 0.350. The maximum Gasteiger partial charge on any atom is 0.0114 e. The van der Waals surface area contributed by atoms with Crippen molar-refractivity contribution in [3.05, 3.63) is 0 Å². The standard InChI is InChI=1S/C9H20S/c1-8(2,3)7(10)9(4,5)6/h7,10H,1-6H3. The second-order valence-electron chi connectivity index (χ2n) is 5.13. The highest BCUT2D eigenvalue weighted by molar-refractivity contribution is 7.81. The lowest BCUT2D eigenvalue weighted by atomic mass is 9.77. The van der Waals surface area contributed by atoms with Crippen molar-refractivity contribution < 1.29 is 0 Å². The molecule has 0 aromatic carbocycles. The third-order valence-electron chi connectivity index (χ3n) is 1.64. The summed E-state index contributed by atoms with van der Waals surface area (Å²) in [5.74, 6) is 0. The summed E-state index contributed by atoms with van der Waals surface area (Å²) in [6.07, 6.45) is 0. The van der Waals surface area contributed by atoms with Gasteiger partial charge < -0.3 is 0 Å². The Kier molecular flexibility index (Phi) is 2.86. The van der Waals surface area contributed by atoms with Gasteiger partial charge in [0.1, 0.15) is 0 Å². The van der Waals surface area contributed by atoms with E-state index in [0.717, 1.165) is 0 Å². The highest BCUT2D eigenvalue weighted by Crippen LogP contribution is 2.37. The highest BCUT2D eigenvalue weighted by Gasteiger charge is 2.31. The van der Waals surface area contributed by atoms with E-state index in [1.807, 2.05) is 0 Å². The first-order chi connectivity index (χ1) is 4.15. The first-order valence-corrected chi connectivity index (χ1v) is 4.35. The molecule has 0 saturated heterocycles. The first kappa shape index (κ1) is 10.3. The molecule has 0 aromatic heterocycles. The molecule has 0 aliphatic rings. The third kappa shape index (κ3) is 2.96. The van der Waals surface area contributed by atoms with Crippen LogP contribution in [-0.2, 0) is 0 Å². The summed E-state index contributed by atoms with van der Waals surface area (Å²) >= 11 is 4.59. The highest BCUT2D eigenvalue weighted by atomic mass is 32.1. The van der Waals surface area contributed by atoms with Crippen LogP contribution in [0.15, 0.2) is 0 Å². The van der Waals surface area contributed by atoms with Gasteiger partial charge in [0.05, 0.1) is 0 Å². The minimum Gasteiger partial charge on any atom is -0.175 e. The predicted molar refractivity (Wildman–Crippen MR) is 51.7 cm³/mol. The van der Waals surface area contributed by atoms with Gasteiger partial charge in [0.2, 0.25) is 0 Å². The van der Waals surface area contributed by atoms with E-state index in [9.17, 15) is 0 Å². The molecule has 0 fully saturated rings. The van der Waals surface area contributed by atoms with Gasteiger partial charge in [0.25, 0.3) is 0 Å². The molecule has 0 heterocycles. The Morgan fingerprint density at radius 1 is 0.800 bits per heavy atom. The zero-order valence-corrected chi connectivity index (χ0v) is 8.92. The smallest absolute Gasteiger partial charge is 0.0114 e. The molecular weight excluding hydrogens is 140 g/mol. The number of hydrogen-bond acceptors (Lipinski definition) is 1. The van der Waals surface area contributed by atoms with E-state index in [1.54, 1.807) is 0 Å². The van der Waals surface area contributed by atoms with E-state index in [0.29, 0.717) is 16.1 Å². The van der Waals surface area contributed by atoms with Gasteiger partial charge in [-0.15, -0.1) is 0 Å². The van der Waals surface area contributed by atoms with Crippen LogP contribution in [-0.4, -0.2) is 5.25 Å². The first-order valence-electron chi connectivity index (χ1n) is 3.84. The summed E-state index contributed by atoms with van der Waals surface area (Å²) in [6, 6.07) is 0. The zero-order valence-electron chi connectivity index (χ0n) is 8.02. The summed E-state index contributed by atoms with van der Waals surface area (Å²) in [5, 5.41) is 0.458. The molecule has 0 bridgehead atoms. The van der Waals surface area contributed by atoms with Crippen molar-refractivity contribution in [3.63, 3.8) is 0 Å². The van der Waals surface area contributed by atoms with Crippen molar-refractivity contribution in [3.8, 4) is 0 Å². The lowest BCUT2D eigenvalue weighted by Crippen LogP contribution is -2.33. The van der Waals surface area contributed by atoms with Crippen molar-refractivity contribution >= 4 is 12.6 Å². The quantitative estimate of drug-likeness (QED) is 0.516. The van der Waals surface area contributed by atoms with Crippen LogP contribution in [0.4, 0.5) is 0 Å². The molecule has 0 radical (unpaired) electrons. The van der Waals surface area contributed by atoms with Crippen LogP contribution in [0.2, 0.25) is 0 Å². The molecule has 10 heavy (non-hydrogen) atoms. The van der Waals surface area contributed by atoms with Gasteiger partial charge in [-0.1, -0.05) is 41.5 Å². The van der Waals surface area contributed by atoms with Crippen LogP contribution in [0, 0.1) is 10.8 Å². The molecular formula is C9H20S. The lowest BCUT2D eigenvalue weighted by Gasteiger charge is -2.37. The van der Waals surface area contributed by atoms with Crippen LogP contribution in [0.3, 0.4) is 0 Å².